The second-order valence-electron chi connectivity index (χ2n) is 8.33. The maximum atomic E-state index is 12.4. The molecule has 2 amide bonds. The van der Waals surface area contributed by atoms with E-state index in [1.54, 1.807) is 24.3 Å². The fourth-order valence-corrected chi connectivity index (χ4v) is 4.31. The van der Waals surface area contributed by atoms with E-state index in [-0.39, 0.29) is 24.1 Å². The maximum absolute atomic E-state index is 12.4. The van der Waals surface area contributed by atoms with Crippen molar-refractivity contribution in [3.8, 4) is 5.75 Å². The van der Waals surface area contributed by atoms with Crippen molar-refractivity contribution in [2.75, 3.05) is 13.7 Å². The molecule has 0 radical (unpaired) electrons. The fourth-order valence-electron chi connectivity index (χ4n) is 4.04. The van der Waals surface area contributed by atoms with Gasteiger partial charge in [0.15, 0.2) is 0 Å². The van der Waals surface area contributed by atoms with Gasteiger partial charge in [-0.15, -0.1) is 0 Å². The SMILES string of the molecule is COC(=O)c1ccc(OC(CCNC(=O)NC2CCCC(C)C2)c2ccc(Br)cc2)cc1. The van der Waals surface area contributed by atoms with Gasteiger partial charge >= 0.3 is 12.0 Å². The van der Waals surface area contributed by atoms with Gasteiger partial charge in [0, 0.05) is 23.5 Å². The molecule has 2 N–H and O–H groups in total. The van der Waals surface area contributed by atoms with Gasteiger partial charge in [-0.1, -0.05) is 47.8 Å². The van der Waals surface area contributed by atoms with Crippen molar-refractivity contribution in [1.82, 2.24) is 10.6 Å². The summed E-state index contributed by atoms with van der Waals surface area (Å²) in [6.07, 6.45) is 4.85. The summed E-state index contributed by atoms with van der Waals surface area (Å²) in [7, 11) is 1.36. The van der Waals surface area contributed by atoms with Gasteiger partial charge in [-0.2, -0.15) is 0 Å². The summed E-state index contributed by atoms with van der Waals surface area (Å²) in [5.74, 6) is 0.921. The molecule has 1 fully saturated rings. The molecule has 0 aromatic heterocycles. The summed E-state index contributed by atoms with van der Waals surface area (Å²) in [4.78, 5) is 24.0. The van der Waals surface area contributed by atoms with Gasteiger partial charge in [-0.3, -0.25) is 0 Å². The Bertz CT molecular complexity index is 886. The zero-order chi connectivity index (χ0) is 22.9. The number of carbonyl (C=O) groups is 2. The van der Waals surface area contributed by atoms with Gasteiger partial charge in [-0.25, -0.2) is 9.59 Å². The molecule has 172 valence electrons. The highest BCUT2D eigenvalue weighted by Crippen LogP contribution is 2.27. The van der Waals surface area contributed by atoms with Crippen LogP contribution in [0.5, 0.6) is 5.75 Å². The van der Waals surface area contributed by atoms with E-state index >= 15 is 0 Å². The molecule has 0 saturated heterocycles. The summed E-state index contributed by atoms with van der Waals surface area (Å²) >= 11 is 3.46. The molecule has 3 rings (SSSR count). The van der Waals surface area contributed by atoms with Crippen molar-refractivity contribution in [3.05, 3.63) is 64.1 Å². The quantitative estimate of drug-likeness (QED) is 0.459. The summed E-state index contributed by atoms with van der Waals surface area (Å²) in [6.45, 7) is 2.72. The van der Waals surface area contributed by atoms with Crippen molar-refractivity contribution >= 4 is 27.9 Å². The van der Waals surface area contributed by atoms with Crippen LogP contribution >= 0.6 is 15.9 Å². The second-order valence-corrected chi connectivity index (χ2v) is 9.25. The molecule has 32 heavy (non-hydrogen) atoms. The van der Waals surface area contributed by atoms with Crippen molar-refractivity contribution in [3.63, 3.8) is 0 Å². The highest BCUT2D eigenvalue weighted by atomic mass is 79.9. The summed E-state index contributed by atoms with van der Waals surface area (Å²) in [6, 6.07) is 14.9. The van der Waals surface area contributed by atoms with Gasteiger partial charge in [0.1, 0.15) is 11.9 Å². The average Bonchev–Trinajstić information content (AvgIpc) is 2.79. The van der Waals surface area contributed by atoms with E-state index in [4.69, 9.17) is 9.47 Å². The number of halogens is 1. The van der Waals surface area contributed by atoms with Gasteiger partial charge in [0.2, 0.25) is 0 Å². The third kappa shape index (κ3) is 7.26. The van der Waals surface area contributed by atoms with E-state index in [1.165, 1.54) is 20.0 Å². The number of urea groups is 1. The molecule has 0 bridgehead atoms. The van der Waals surface area contributed by atoms with Crippen LogP contribution < -0.4 is 15.4 Å². The molecule has 3 unspecified atom stereocenters. The monoisotopic (exact) mass is 502 g/mol. The van der Waals surface area contributed by atoms with Crippen LogP contribution in [0.15, 0.2) is 53.0 Å². The average molecular weight is 503 g/mol. The zero-order valence-corrected chi connectivity index (χ0v) is 20.2. The Hall–Kier alpha value is -2.54. The molecule has 2 aromatic rings. The lowest BCUT2D eigenvalue weighted by Crippen LogP contribution is -2.44. The number of methoxy groups -OCH3 is 1. The lowest BCUT2D eigenvalue weighted by Gasteiger charge is -2.27. The molecule has 1 saturated carbocycles. The topological polar surface area (TPSA) is 76.7 Å². The third-order valence-corrected chi connectivity index (χ3v) is 6.29. The predicted molar refractivity (Wildman–Crippen MR) is 128 cm³/mol. The molecule has 2 aromatic carbocycles. The van der Waals surface area contributed by atoms with E-state index in [1.807, 2.05) is 24.3 Å². The van der Waals surface area contributed by atoms with Crippen LogP contribution in [-0.2, 0) is 4.74 Å². The van der Waals surface area contributed by atoms with Crippen LogP contribution in [0.2, 0.25) is 0 Å². The van der Waals surface area contributed by atoms with Gasteiger partial charge in [-0.05, 0) is 60.7 Å². The molecule has 7 heteroatoms. The number of amides is 2. The van der Waals surface area contributed by atoms with E-state index in [0.717, 1.165) is 22.9 Å². The Morgan fingerprint density at radius 2 is 1.81 bits per heavy atom. The Kier molecular flexibility index (Phi) is 8.97. The number of carbonyl (C=O) groups excluding carboxylic acids is 2. The third-order valence-electron chi connectivity index (χ3n) is 5.76. The fraction of sp³-hybridized carbons (Fsp3) is 0.440. The second kappa shape index (κ2) is 11.9. The standard InChI is InChI=1S/C25H31BrN2O4/c1-17-4-3-5-21(16-17)28-25(30)27-15-14-23(18-6-10-20(26)11-7-18)32-22-12-8-19(9-13-22)24(29)31-2/h6-13,17,21,23H,3-5,14-16H2,1-2H3,(H2,27,28,30). The molecule has 1 aliphatic carbocycles. The highest BCUT2D eigenvalue weighted by Gasteiger charge is 2.21. The maximum Gasteiger partial charge on any atom is 0.337 e. The number of esters is 1. The van der Waals surface area contributed by atoms with E-state index in [0.29, 0.717) is 30.2 Å². The zero-order valence-electron chi connectivity index (χ0n) is 18.6. The number of rotatable bonds is 8. The smallest absolute Gasteiger partial charge is 0.337 e. The summed E-state index contributed by atoms with van der Waals surface area (Å²) in [5, 5.41) is 6.07. The Morgan fingerprint density at radius 1 is 1.09 bits per heavy atom. The number of benzene rings is 2. The molecular weight excluding hydrogens is 472 g/mol. The Morgan fingerprint density at radius 3 is 2.47 bits per heavy atom. The summed E-state index contributed by atoms with van der Waals surface area (Å²) in [5.41, 5.74) is 1.48. The number of hydrogen-bond acceptors (Lipinski definition) is 4. The van der Waals surface area contributed by atoms with Crippen molar-refractivity contribution in [2.24, 2.45) is 5.92 Å². The van der Waals surface area contributed by atoms with Crippen LogP contribution in [0.3, 0.4) is 0 Å². The first kappa shape index (κ1) is 24.1. The van der Waals surface area contributed by atoms with Crippen molar-refractivity contribution < 1.29 is 19.1 Å². The minimum atomic E-state index is -0.386. The van der Waals surface area contributed by atoms with Gasteiger partial charge < -0.3 is 20.1 Å². The first-order valence-corrected chi connectivity index (χ1v) is 11.9. The minimum absolute atomic E-state index is 0.124. The van der Waals surface area contributed by atoms with E-state index in [9.17, 15) is 9.59 Å². The molecule has 0 heterocycles. The van der Waals surface area contributed by atoms with Gasteiger partial charge in [0.05, 0.1) is 12.7 Å². The van der Waals surface area contributed by atoms with Crippen LogP contribution in [0.4, 0.5) is 4.79 Å². The lowest BCUT2D eigenvalue weighted by molar-refractivity contribution is 0.0600. The minimum Gasteiger partial charge on any atom is -0.486 e. The molecule has 3 atom stereocenters. The number of ether oxygens (including phenoxy) is 2. The molecule has 0 aliphatic heterocycles. The highest BCUT2D eigenvalue weighted by molar-refractivity contribution is 9.10. The summed E-state index contributed by atoms with van der Waals surface area (Å²) < 4.78 is 11.9. The molecular formula is C25H31BrN2O4. The normalized spacial score (nSPS) is 19.0. The predicted octanol–water partition coefficient (Wildman–Crippen LogP) is 5.62. The van der Waals surface area contributed by atoms with Crippen LogP contribution in [0, 0.1) is 5.92 Å². The van der Waals surface area contributed by atoms with E-state index < -0.39 is 0 Å². The lowest BCUT2D eigenvalue weighted by atomic mass is 9.87. The Balaban J connectivity index is 1.58. The molecule has 6 nitrogen and oxygen atoms in total. The van der Waals surface area contributed by atoms with E-state index in [2.05, 4.69) is 33.5 Å². The molecule has 0 spiro atoms. The largest absolute Gasteiger partial charge is 0.486 e. The van der Waals surface area contributed by atoms with Gasteiger partial charge in [0.25, 0.3) is 0 Å². The molecule has 1 aliphatic rings. The first-order chi connectivity index (χ1) is 15.4. The number of hydrogen-bond donors (Lipinski definition) is 2. The number of nitrogens with one attached hydrogen (secondary N) is 2. The van der Waals surface area contributed by atoms with Crippen LogP contribution in [-0.4, -0.2) is 31.7 Å². The first-order valence-electron chi connectivity index (χ1n) is 11.1. The van der Waals surface area contributed by atoms with Crippen LogP contribution in [0.25, 0.3) is 0 Å². The van der Waals surface area contributed by atoms with Crippen molar-refractivity contribution in [1.29, 1.82) is 0 Å². The van der Waals surface area contributed by atoms with Crippen LogP contribution in [0.1, 0.15) is 61.1 Å². The van der Waals surface area contributed by atoms with Crippen molar-refractivity contribution in [2.45, 2.75) is 51.2 Å². The Labute approximate surface area is 198 Å².